The molecule has 0 radical (unpaired) electrons. The van der Waals surface area contributed by atoms with Crippen molar-refractivity contribution in [1.29, 1.82) is 0 Å². The van der Waals surface area contributed by atoms with Gasteiger partial charge in [0, 0.05) is 6.42 Å². The van der Waals surface area contributed by atoms with E-state index in [0.29, 0.717) is 19.1 Å². The van der Waals surface area contributed by atoms with Crippen molar-refractivity contribution in [2.24, 2.45) is 0 Å². The summed E-state index contributed by atoms with van der Waals surface area (Å²) in [4.78, 5) is 9.81. The standard InChI is InChI=1S/C9H12O2/c1-2-3-4-6-9(11)7-5-8-10/h1,5,7-9,11H,3-4,6H2. The van der Waals surface area contributed by atoms with Crippen molar-refractivity contribution in [1.82, 2.24) is 0 Å². The lowest BCUT2D eigenvalue weighted by molar-refractivity contribution is -0.104. The molecule has 0 aromatic rings. The summed E-state index contributed by atoms with van der Waals surface area (Å²) in [6.07, 6.45) is 9.96. The number of carbonyl (C=O) groups excluding carboxylic acids is 1. The van der Waals surface area contributed by atoms with Crippen LogP contribution in [0.4, 0.5) is 0 Å². The van der Waals surface area contributed by atoms with Gasteiger partial charge in [0.25, 0.3) is 0 Å². The van der Waals surface area contributed by atoms with E-state index in [4.69, 9.17) is 11.5 Å². The van der Waals surface area contributed by atoms with E-state index < -0.39 is 6.10 Å². The SMILES string of the molecule is C#CCCCC(O)C=CC=O. The second kappa shape index (κ2) is 7.04. The van der Waals surface area contributed by atoms with Gasteiger partial charge in [-0.15, -0.1) is 12.3 Å². The van der Waals surface area contributed by atoms with Crippen molar-refractivity contribution >= 4 is 6.29 Å². The van der Waals surface area contributed by atoms with Crippen LogP contribution in [0.2, 0.25) is 0 Å². The first-order chi connectivity index (χ1) is 5.31. The molecule has 0 aliphatic heterocycles. The first-order valence-corrected chi connectivity index (χ1v) is 3.54. The number of aliphatic hydroxyl groups excluding tert-OH is 1. The third kappa shape index (κ3) is 6.82. The van der Waals surface area contributed by atoms with E-state index in [1.54, 1.807) is 0 Å². The Morgan fingerprint density at radius 3 is 2.91 bits per heavy atom. The van der Waals surface area contributed by atoms with Crippen LogP contribution in [0.25, 0.3) is 0 Å². The second-order valence-corrected chi connectivity index (χ2v) is 2.18. The maximum Gasteiger partial charge on any atom is 0.142 e. The number of unbranched alkanes of at least 4 members (excludes halogenated alkanes) is 1. The van der Waals surface area contributed by atoms with Gasteiger partial charge in [-0.25, -0.2) is 0 Å². The molecule has 0 spiro atoms. The largest absolute Gasteiger partial charge is 0.389 e. The van der Waals surface area contributed by atoms with E-state index in [-0.39, 0.29) is 0 Å². The predicted octanol–water partition coefficient (Wildman–Crippen LogP) is 0.906. The molecule has 2 heteroatoms. The highest BCUT2D eigenvalue weighted by Gasteiger charge is 1.96. The first-order valence-electron chi connectivity index (χ1n) is 3.54. The van der Waals surface area contributed by atoms with Gasteiger partial charge in [-0.1, -0.05) is 6.08 Å². The van der Waals surface area contributed by atoms with Gasteiger partial charge in [0.1, 0.15) is 6.29 Å². The lowest BCUT2D eigenvalue weighted by Gasteiger charge is -2.00. The quantitative estimate of drug-likeness (QED) is 0.275. The van der Waals surface area contributed by atoms with Crippen molar-refractivity contribution in [3.63, 3.8) is 0 Å². The Morgan fingerprint density at radius 2 is 2.36 bits per heavy atom. The number of terminal acetylenes is 1. The van der Waals surface area contributed by atoms with Crippen molar-refractivity contribution in [2.75, 3.05) is 0 Å². The zero-order valence-corrected chi connectivity index (χ0v) is 6.36. The third-order valence-electron chi connectivity index (χ3n) is 1.23. The highest BCUT2D eigenvalue weighted by Crippen LogP contribution is 2.00. The van der Waals surface area contributed by atoms with Gasteiger partial charge in [-0.3, -0.25) is 4.79 Å². The molecule has 0 saturated carbocycles. The monoisotopic (exact) mass is 152 g/mol. The molecule has 0 aliphatic rings. The average molecular weight is 152 g/mol. The molecule has 0 aromatic carbocycles. The molecular weight excluding hydrogens is 140 g/mol. The molecule has 11 heavy (non-hydrogen) atoms. The molecule has 0 aliphatic carbocycles. The highest BCUT2D eigenvalue weighted by molar-refractivity contribution is 5.64. The molecule has 1 unspecified atom stereocenters. The number of aliphatic hydroxyl groups is 1. The highest BCUT2D eigenvalue weighted by atomic mass is 16.3. The minimum atomic E-state index is -0.534. The summed E-state index contributed by atoms with van der Waals surface area (Å²) in [5.41, 5.74) is 0. The Labute approximate surface area is 66.9 Å². The molecular formula is C9H12O2. The molecule has 1 N–H and O–H groups in total. The summed E-state index contributed by atoms with van der Waals surface area (Å²) >= 11 is 0. The normalized spacial score (nSPS) is 12.7. The lowest BCUT2D eigenvalue weighted by atomic mass is 10.1. The van der Waals surface area contributed by atoms with Crippen LogP contribution in [0.3, 0.4) is 0 Å². The van der Waals surface area contributed by atoms with Gasteiger partial charge in [-0.2, -0.15) is 0 Å². The summed E-state index contributed by atoms with van der Waals surface area (Å²) < 4.78 is 0. The van der Waals surface area contributed by atoms with Crippen LogP contribution in [-0.2, 0) is 4.79 Å². The van der Waals surface area contributed by atoms with E-state index in [2.05, 4.69) is 5.92 Å². The molecule has 60 valence electrons. The van der Waals surface area contributed by atoms with E-state index >= 15 is 0 Å². The first kappa shape index (κ1) is 9.93. The van der Waals surface area contributed by atoms with Gasteiger partial charge in [-0.05, 0) is 18.9 Å². The van der Waals surface area contributed by atoms with Gasteiger partial charge >= 0.3 is 0 Å². The molecule has 0 heterocycles. The van der Waals surface area contributed by atoms with E-state index in [9.17, 15) is 4.79 Å². The average Bonchev–Trinajstić information content (AvgIpc) is 2.01. The zero-order valence-electron chi connectivity index (χ0n) is 6.36. The summed E-state index contributed by atoms with van der Waals surface area (Å²) in [5.74, 6) is 2.47. The van der Waals surface area contributed by atoms with Gasteiger partial charge in [0.05, 0.1) is 6.10 Å². The van der Waals surface area contributed by atoms with Crippen LogP contribution in [0.15, 0.2) is 12.2 Å². The van der Waals surface area contributed by atoms with Gasteiger partial charge in [0.15, 0.2) is 0 Å². The smallest absolute Gasteiger partial charge is 0.142 e. The maximum absolute atomic E-state index is 9.81. The Bertz CT molecular complexity index is 165. The van der Waals surface area contributed by atoms with Crippen molar-refractivity contribution in [2.45, 2.75) is 25.4 Å². The lowest BCUT2D eigenvalue weighted by Crippen LogP contribution is -2.00. The molecule has 0 fully saturated rings. The van der Waals surface area contributed by atoms with E-state index in [1.807, 2.05) is 0 Å². The van der Waals surface area contributed by atoms with Crippen LogP contribution in [0, 0.1) is 12.3 Å². The Hall–Kier alpha value is -1.07. The summed E-state index contributed by atoms with van der Waals surface area (Å²) in [7, 11) is 0. The zero-order chi connectivity index (χ0) is 8.53. The fourth-order valence-corrected chi connectivity index (χ4v) is 0.683. The number of allylic oxidation sites excluding steroid dienone is 1. The van der Waals surface area contributed by atoms with Crippen molar-refractivity contribution < 1.29 is 9.90 Å². The minimum absolute atomic E-state index is 0.534. The maximum atomic E-state index is 9.81. The molecule has 0 amide bonds. The Morgan fingerprint density at radius 1 is 1.64 bits per heavy atom. The summed E-state index contributed by atoms with van der Waals surface area (Å²) in [6, 6.07) is 0. The number of carbonyl (C=O) groups is 1. The van der Waals surface area contributed by atoms with Crippen LogP contribution >= 0.6 is 0 Å². The second-order valence-electron chi connectivity index (χ2n) is 2.18. The molecule has 0 saturated heterocycles. The van der Waals surface area contributed by atoms with Crippen LogP contribution < -0.4 is 0 Å². The minimum Gasteiger partial charge on any atom is -0.389 e. The van der Waals surface area contributed by atoms with Gasteiger partial charge in [0.2, 0.25) is 0 Å². The van der Waals surface area contributed by atoms with Gasteiger partial charge < -0.3 is 5.11 Å². The molecule has 0 rings (SSSR count). The topological polar surface area (TPSA) is 37.3 Å². The van der Waals surface area contributed by atoms with Crippen LogP contribution in [-0.4, -0.2) is 17.5 Å². The number of aldehydes is 1. The predicted molar refractivity (Wildman–Crippen MR) is 43.9 cm³/mol. The third-order valence-corrected chi connectivity index (χ3v) is 1.23. The number of rotatable bonds is 5. The molecule has 2 nitrogen and oxygen atoms in total. The molecule has 0 aromatic heterocycles. The summed E-state index contributed by atoms with van der Waals surface area (Å²) in [6.45, 7) is 0. The van der Waals surface area contributed by atoms with Crippen LogP contribution in [0.5, 0.6) is 0 Å². The van der Waals surface area contributed by atoms with Crippen LogP contribution in [0.1, 0.15) is 19.3 Å². The fourth-order valence-electron chi connectivity index (χ4n) is 0.683. The Kier molecular flexibility index (Phi) is 6.36. The molecule has 1 atom stereocenters. The van der Waals surface area contributed by atoms with Crippen molar-refractivity contribution in [3.8, 4) is 12.3 Å². The van der Waals surface area contributed by atoms with E-state index in [0.717, 1.165) is 6.42 Å². The number of hydrogen-bond acceptors (Lipinski definition) is 2. The van der Waals surface area contributed by atoms with Crippen molar-refractivity contribution in [3.05, 3.63) is 12.2 Å². The Balaban J connectivity index is 3.37. The molecule has 0 bridgehead atoms. The summed E-state index contributed by atoms with van der Waals surface area (Å²) in [5, 5.41) is 9.09. The number of hydrogen-bond donors (Lipinski definition) is 1. The van der Waals surface area contributed by atoms with E-state index in [1.165, 1.54) is 12.2 Å². The fraction of sp³-hybridized carbons (Fsp3) is 0.444.